The van der Waals surface area contributed by atoms with Crippen LogP contribution in [-0.4, -0.2) is 34.9 Å². The van der Waals surface area contributed by atoms with Crippen LogP contribution in [0.25, 0.3) is 5.69 Å². The summed E-state index contributed by atoms with van der Waals surface area (Å²) in [6.45, 7) is 6.48. The minimum Gasteiger partial charge on any atom is -0.318 e. The number of hydrogen-bond acceptors (Lipinski definition) is 2. The molecule has 1 aromatic heterocycles. The second-order valence-electron chi connectivity index (χ2n) is 6.71. The standard InChI is InChI=1S/C20H25FN2O/c1-15-13-19(20(24)14-22-11-5-3-4-6-12-22)16(2)23(15)18-9-7-17(21)8-10-18/h7-10,13H,3-6,11-12,14H2,1-2H3. The van der Waals surface area contributed by atoms with Crippen molar-refractivity contribution in [2.75, 3.05) is 19.6 Å². The highest BCUT2D eigenvalue weighted by molar-refractivity contribution is 5.99. The second-order valence-corrected chi connectivity index (χ2v) is 6.71. The van der Waals surface area contributed by atoms with Crippen LogP contribution >= 0.6 is 0 Å². The lowest BCUT2D eigenvalue weighted by Crippen LogP contribution is -2.31. The summed E-state index contributed by atoms with van der Waals surface area (Å²) in [5.74, 6) is -0.0722. The van der Waals surface area contributed by atoms with Crippen molar-refractivity contribution in [1.29, 1.82) is 0 Å². The molecule has 4 heteroatoms. The molecule has 0 amide bonds. The molecule has 1 aliphatic rings. The molecule has 1 fully saturated rings. The normalized spacial score (nSPS) is 16.1. The van der Waals surface area contributed by atoms with Crippen molar-refractivity contribution in [3.05, 3.63) is 53.1 Å². The number of hydrogen-bond donors (Lipinski definition) is 0. The first-order valence-corrected chi connectivity index (χ1v) is 8.76. The fourth-order valence-corrected chi connectivity index (χ4v) is 3.62. The van der Waals surface area contributed by atoms with E-state index in [-0.39, 0.29) is 11.6 Å². The molecule has 128 valence electrons. The van der Waals surface area contributed by atoms with Crippen molar-refractivity contribution < 1.29 is 9.18 Å². The fraction of sp³-hybridized carbons (Fsp3) is 0.450. The zero-order valence-electron chi connectivity index (χ0n) is 14.5. The van der Waals surface area contributed by atoms with Crippen LogP contribution in [0.3, 0.4) is 0 Å². The van der Waals surface area contributed by atoms with E-state index in [0.717, 1.165) is 35.7 Å². The number of nitrogens with zero attached hydrogens (tertiary/aromatic N) is 2. The Kier molecular flexibility index (Phi) is 5.14. The van der Waals surface area contributed by atoms with Gasteiger partial charge >= 0.3 is 0 Å². The summed E-state index contributed by atoms with van der Waals surface area (Å²) >= 11 is 0. The molecule has 3 rings (SSSR count). The summed E-state index contributed by atoms with van der Waals surface area (Å²) in [6.07, 6.45) is 4.90. The van der Waals surface area contributed by atoms with Crippen molar-refractivity contribution in [1.82, 2.24) is 9.47 Å². The Labute approximate surface area is 143 Å². The van der Waals surface area contributed by atoms with Gasteiger partial charge in [0, 0.05) is 22.6 Å². The lowest BCUT2D eigenvalue weighted by molar-refractivity contribution is 0.0932. The summed E-state index contributed by atoms with van der Waals surface area (Å²) in [7, 11) is 0. The highest BCUT2D eigenvalue weighted by Crippen LogP contribution is 2.22. The highest BCUT2D eigenvalue weighted by Gasteiger charge is 2.19. The van der Waals surface area contributed by atoms with Crippen LogP contribution in [0, 0.1) is 19.7 Å². The molecule has 0 unspecified atom stereocenters. The average molecular weight is 328 g/mol. The Morgan fingerprint density at radius 1 is 1.04 bits per heavy atom. The van der Waals surface area contributed by atoms with Gasteiger partial charge in [-0.2, -0.15) is 0 Å². The number of Topliss-reactive ketones (excluding diaryl/α,β-unsaturated/α-hetero) is 1. The van der Waals surface area contributed by atoms with Crippen molar-refractivity contribution in [2.45, 2.75) is 39.5 Å². The highest BCUT2D eigenvalue weighted by atomic mass is 19.1. The lowest BCUT2D eigenvalue weighted by atomic mass is 10.1. The Balaban J connectivity index is 1.82. The number of benzene rings is 1. The monoisotopic (exact) mass is 328 g/mol. The molecule has 0 saturated carbocycles. The number of carbonyl (C=O) groups excluding carboxylic acids is 1. The number of ketones is 1. The summed E-state index contributed by atoms with van der Waals surface area (Å²) in [6, 6.07) is 8.36. The maximum Gasteiger partial charge on any atom is 0.178 e. The van der Waals surface area contributed by atoms with E-state index in [2.05, 4.69) is 4.90 Å². The molecule has 0 bridgehead atoms. The van der Waals surface area contributed by atoms with Gasteiger partial charge in [-0.3, -0.25) is 9.69 Å². The predicted octanol–water partition coefficient (Wildman–Crippen LogP) is 4.29. The molecule has 2 aromatic rings. The van der Waals surface area contributed by atoms with Gasteiger partial charge in [0.1, 0.15) is 5.82 Å². The lowest BCUT2D eigenvalue weighted by Gasteiger charge is -2.18. The molecule has 3 nitrogen and oxygen atoms in total. The zero-order chi connectivity index (χ0) is 17.1. The van der Waals surface area contributed by atoms with Gasteiger partial charge in [0.15, 0.2) is 5.78 Å². The molecule has 1 aliphatic heterocycles. The number of rotatable bonds is 4. The fourth-order valence-electron chi connectivity index (χ4n) is 3.62. The molecular formula is C20H25FN2O. The molecule has 0 aliphatic carbocycles. The Bertz CT molecular complexity index is 710. The molecule has 1 aromatic carbocycles. The first-order chi connectivity index (χ1) is 11.6. The van der Waals surface area contributed by atoms with Gasteiger partial charge in [0.2, 0.25) is 0 Å². The first kappa shape index (κ1) is 16.9. The summed E-state index contributed by atoms with van der Waals surface area (Å²) in [5.41, 5.74) is 3.60. The predicted molar refractivity (Wildman–Crippen MR) is 94.4 cm³/mol. The molecule has 2 heterocycles. The third-order valence-corrected chi connectivity index (χ3v) is 4.88. The Hall–Kier alpha value is -1.94. The van der Waals surface area contributed by atoms with Crippen molar-refractivity contribution in [3.63, 3.8) is 0 Å². The number of carbonyl (C=O) groups is 1. The molecule has 1 saturated heterocycles. The quantitative estimate of drug-likeness (QED) is 0.782. The van der Waals surface area contributed by atoms with Crippen LogP contribution < -0.4 is 0 Å². The summed E-state index contributed by atoms with van der Waals surface area (Å²) in [5, 5.41) is 0. The van der Waals surface area contributed by atoms with E-state index in [1.165, 1.54) is 37.8 Å². The second kappa shape index (κ2) is 7.31. The maximum absolute atomic E-state index is 13.2. The molecule has 0 atom stereocenters. The van der Waals surface area contributed by atoms with E-state index in [1.54, 1.807) is 12.1 Å². The third kappa shape index (κ3) is 3.59. The average Bonchev–Trinajstić information content (AvgIpc) is 2.74. The van der Waals surface area contributed by atoms with Gasteiger partial charge in [-0.1, -0.05) is 12.8 Å². The van der Waals surface area contributed by atoms with E-state index in [4.69, 9.17) is 0 Å². The number of aryl methyl sites for hydroxylation is 1. The summed E-state index contributed by atoms with van der Waals surface area (Å²) in [4.78, 5) is 15.1. The topological polar surface area (TPSA) is 25.2 Å². The van der Waals surface area contributed by atoms with Crippen molar-refractivity contribution in [3.8, 4) is 5.69 Å². The van der Waals surface area contributed by atoms with Crippen LogP contribution in [0.15, 0.2) is 30.3 Å². The van der Waals surface area contributed by atoms with E-state index in [1.807, 2.05) is 24.5 Å². The van der Waals surface area contributed by atoms with Gasteiger partial charge in [-0.25, -0.2) is 4.39 Å². The maximum atomic E-state index is 13.2. The van der Waals surface area contributed by atoms with Crippen LogP contribution in [0.2, 0.25) is 0 Å². The Morgan fingerprint density at radius 3 is 2.29 bits per heavy atom. The van der Waals surface area contributed by atoms with Crippen molar-refractivity contribution in [2.24, 2.45) is 0 Å². The van der Waals surface area contributed by atoms with E-state index in [9.17, 15) is 9.18 Å². The minimum absolute atomic E-state index is 0.179. The van der Waals surface area contributed by atoms with E-state index < -0.39 is 0 Å². The Morgan fingerprint density at radius 2 is 1.67 bits per heavy atom. The van der Waals surface area contributed by atoms with Crippen LogP contribution in [0.1, 0.15) is 47.4 Å². The number of halogens is 1. The molecule has 0 N–H and O–H groups in total. The summed E-state index contributed by atoms with van der Waals surface area (Å²) < 4.78 is 15.2. The van der Waals surface area contributed by atoms with E-state index >= 15 is 0 Å². The zero-order valence-corrected chi connectivity index (χ0v) is 14.5. The molecular weight excluding hydrogens is 303 g/mol. The van der Waals surface area contributed by atoms with Gasteiger partial charge in [-0.15, -0.1) is 0 Å². The molecule has 0 radical (unpaired) electrons. The number of aromatic nitrogens is 1. The smallest absolute Gasteiger partial charge is 0.178 e. The molecule has 24 heavy (non-hydrogen) atoms. The van der Waals surface area contributed by atoms with Gasteiger partial charge in [0.25, 0.3) is 0 Å². The largest absolute Gasteiger partial charge is 0.318 e. The van der Waals surface area contributed by atoms with Crippen LogP contribution in [0.5, 0.6) is 0 Å². The van der Waals surface area contributed by atoms with Gasteiger partial charge in [0.05, 0.1) is 6.54 Å². The molecule has 0 spiro atoms. The first-order valence-electron chi connectivity index (χ1n) is 8.76. The number of likely N-dealkylation sites (tertiary alicyclic amines) is 1. The minimum atomic E-state index is -0.251. The van der Waals surface area contributed by atoms with E-state index in [0.29, 0.717) is 6.54 Å². The van der Waals surface area contributed by atoms with Gasteiger partial charge < -0.3 is 4.57 Å². The van der Waals surface area contributed by atoms with Crippen LogP contribution in [0.4, 0.5) is 4.39 Å². The SMILES string of the molecule is Cc1cc(C(=O)CN2CCCCCC2)c(C)n1-c1ccc(F)cc1. The third-order valence-electron chi connectivity index (χ3n) is 4.88. The van der Waals surface area contributed by atoms with Crippen LogP contribution in [-0.2, 0) is 0 Å². The van der Waals surface area contributed by atoms with Crippen molar-refractivity contribution >= 4 is 5.78 Å². The van der Waals surface area contributed by atoms with Gasteiger partial charge in [-0.05, 0) is 70.1 Å².